The van der Waals surface area contributed by atoms with Crippen molar-refractivity contribution in [2.75, 3.05) is 19.6 Å². The summed E-state index contributed by atoms with van der Waals surface area (Å²) >= 11 is 0. The quantitative estimate of drug-likeness (QED) is 0.450. The van der Waals surface area contributed by atoms with Crippen molar-refractivity contribution in [3.63, 3.8) is 0 Å². The summed E-state index contributed by atoms with van der Waals surface area (Å²) in [7, 11) is 0. The maximum Gasteiger partial charge on any atom is 0.328 e. The van der Waals surface area contributed by atoms with Gasteiger partial charge in [0, 0.05) is 19.6 Å². The van der Waals surface area contributed by atoms with Crippen LogP contribution in [0.25, 0.3) is 22.0 Å². The molecular formula is C28H27N3O4. The number of hydrogen-bond acceptors (Lipinski definition) is 4. The predicted octanol–water partition coefficient (Wildman–Crippen LogP) is 3.55. The average molecular weight is 470 g/mol. The zero-order valence-corrected chi connectivity index (χ0v) is 19.3. The van der Waals surface area contributed by atoms with Crippen molar-refractivity contribution in [2.45, 2.75) is 18.9 Å². The van der Waals surface area contributed by atoms with Gasteiger partial charge in [-0.3, -0.25) is 14.2 Å². The average Bonchev–Trinajstić information content (AvgIpc) is 2.89. The van der Waals surface area contributed by atoms with E-state index in [0.717, 1.165) is 16.7 Å². The summed E-state index contributed by atoms with van der Waals surface area (Å²) in [6.45, 7) is 1.72. The smallest absolute Gasteiger partial charge is 0.328 e. The number of fused-ring (bicyclic) bond motifs is 1. The lowest BCUT2D eigenvalue weighted by atomic mass is 9.80. The summed E-state index contributed by atoms with van der Waals surface area (Å²) in [6.07, 6.45) is 0.699. The predicted molar refractivity (Wildman–Crippen MR) is 136 cm³/mol. The zero-order valence-electron chi connectivity index (χ0n) is 19.3. The van der Waals surface area contributed by atoms with Crippen LogP contribution >= 0.6 is 0 Å². The standard InChI is InChI=1S/C28H27N3O4/c32-26-23-8-4-5-9-25(23)29-28(35)31(26)17-16-30-15-14-22(24(18-30)27(33)34)21-12-10-20(11-13-21)19-6-2-1-3-7-19/h1-13,22,24H,14-18H2,(H,29,35)(H,33,34). The third kappa shape index (κ3) is 4.68. The summed E-state index contributed by atoms with van der Waals surface area (Å²) in [4.78, 5) is 42.2. The van der Waals surface area contributed by atoms with Crippen LogP contribution in [0.5, 0.6) is 0 Å². The third-order valence-corrected chi connectivity index (χ3v) is 6.99. The highest BCUT2D eigenvalue weighted by atomic mass is 16.4. The van der Waals surface area contributed by atoms with E-state index in [-0.39, 0.29) is 18.0 Å². The SMILES string of the molecule is O=C(O)C1CN(CCn2c(=O)[nH]c3ccccc3c2=O)CCC1c1ccc(-c2ccccc2)cc1. The topological polar surface area (TPSA) is 95.4 Å². The van der Waals surface area contributed by atoms with Crippen molar-refractivity contribution in [1.82, 2.24) is 14.5 Å². The van der Waals surface area contributed by atoms with Gasteiger partial charge in [-0.1, -0.05) is 66.7 Å². The monoisotopic (exact) mass is 469 g/mol. The van der Waals surface area contributed by atoms with Gasteiger partial charge in [0.25, 0.3) is 5.56 Å². The Morgan fingerprint density at radius 1 is 0.886 bits per heavy atom. The fourth-order valence-electron chi connectivity index (χ4n) is 5.07. The molecule has 0 spiro atoms. The van der Waals surface area contributed by atoms with E-state index in [4.69, 9.17) is 0 Å². The second kappa shape index (κ2) is 9.72. The molecule has 1 saturated heterocycles. The lowest BCUT2D eigenvalue weighted by molar-refractivity contribution is -0.144. The molecule has 4 aromatic rings. The number of nitrogens with zero attached hydrogens (tertiary/aromatic N) is 2. The molecule has 1 aliphatic heterocycles. The number of nitrogens with one attached hydrogen (secondary N) is 1. The van der Waals surface area contributed by atoms with E-state index >= 15 is 0 Å². The van der Waals surface area contributed by atoms with E-state index in [0.29, 0.717) is 37.0 Å². The molecule has 0 saturated carbocycles. The molecule has 7 heteroatoms. The van der Waals surface area contributed by atoms with Crippen molar-refractivity contribution < 1.29 is 9.90 Å². The number of piperidine rings is 1. The van der Waals surface area contributed by atoms with Gasteiger partial charge in [0.05, 0.1) is 16.8 Å². The third-order valence-electron chi connectivity index (χ3n) is 6.99. The Labute approximate surface area is 202 Å². The summed E-state index contributed by atoms with van der Waals surface area (Å²) in [5.74, 6) is -1.47. The molecule has 1 aromatic heterocycles. The largest absolute Gasteiger partial charge is 0.481 e. The van der Waals surface area contributed by atoms with Crippen LogP contribution in [-0.2, 0) is 11.3 Å². The van der Waals surface area contributed by atoms with E-state index < -0.39 is 17.6 Å². The Hall–Kier alpha value is -3.97. The number of rotatable bonds is 6. The van der Waals surface area contributed by atoms with Crippen LogP contribution in [-0.4, -0.2) is 45.2 Å². The Balaban J connectivity index is 1.30. The molecule has 2 heterocycles. The minimum absolute atomic E-state index is 0.0830. The number of benzene rings is 3. The van der Waals surface area contributed by atoms with Gasteiger partial charge in [0.1, 0.15) is 0 Å². The lowest BCUT2D eigenvalue weighted by Gasteiger charge is -2.36. The minimum atomic E-state index is -0.826. The highest BCUT2D eigenvalue weighted by Crippen LogP contribution is 2.34. The van der Waals surface area contributed by atoms with Crippen LogP contribution < -0.4 is 11.2 Å². The number of carbonyl (C=O) groups is 1. The highest BCUT2D eigenvalue weighted by Gasteiger charge is 2.35. The first-order valence-corrected chi connectivity index (χ1v) is 11.8. The van der Waals surface area contributed by atoms with E-state index in [9.17, 15) is 19.5 Å². The minimum Gasteiger partial charge on any atom is -0.481 e. The van der Waals surface area contributed by atoms with Gasteiger partial charge >= 0.3 is 11.7 Å². The summed E-state index contributed by atoms with van der Waals surface area (Å²) in [6, 6.07) is 25.2. The van der Waals surface area contributed by atoms with Crippen LogP contribution in [0.4, 0.5) is 0 Å². The molecule has 2 N–H and O–H groups in total. The first-order valence-electron chi connectivity index (χ1n) is 11.8. The summed E-state index contributed by atoms with van der Waals surface area (Å²) in [5.41, 5.74) is 3.00. The van der Waals surface area contributed by atoms with Gasteiger partial charge in [-0.2, -0.15) is 0 Å². The number of aromatic amines is 1. The fourth-order valence-corrected chi connectivity index (χ4v) is 5.07. The van der Waals surface area contributed by atoms with Crippen LogP contribution in [0.2, 0.25) is 0 Å². The molecule has 5 rings (SSSR count). The number of carboxylic acid groups (broad SMARTS) is 1. The molecule has 7 nitrogen and oxygen atoms in total. The van der Waals surface area contributed by atoms with Crippen molar-refractivity contribution >= 4 is 16.9 Å². The molecular weight excluding hydrogens is 442 g/mol. The lowest BCUT2D eigenvalue weighted by Crippen LogP contribution is -2.46. The Morgan fingerprint density at radius 2 is 1.57 bits per heavy atom. The van der Waals surface area contributed by atoms with Crippen LogP contribution in [0.15, 0.2) is 88.5 Å². The van der Waals surface area contributed by atoms with Crippen LogP contribution in [0, 0.1) is 5.92 Å². The molecule has 0 amide bonds. The number of H-pyrrole nitrogens is 1. The molecule has 0 aliphatic carbocycles. The Bertz CT molecular complexity index is 1460. The highest BCUT2D eigenvalue weighted by molar-refractivity contribution is 5.77. The molecule has 178 valence electrons. The van der Waals surface area contributed by atoms with Crippen molar-refractivity contribution in [1.29, 1.82) is 0 Å². The summed E-state index contributed by atoms with van der Waals surface area (Å²) < 4.78 is 1.20. The Kier molecular flexibility index (Phi) is 6.33. The Morgan fingerprint density at radius 3 is 2.31 bits per heavy atom. The number of para-hydroxylation sites is 1. The molecule has 2 unspecified atom stereocenters. The van der Waals surface area contributed by atoms with Gasteiger partial charge in [-0.25, -0.2) is 4.79 Å². The molecule has 0 radical (unpaired) electrons. The normalized spacial score (nSPS) is 18.5. The molecule has 35 heavy (non-hydrogen) atoms. The van der Waals surface area contributed by atoms with Crippen molar-refractivity contribution in [2.24, 2.45) is 5.92 Å². The molecule has 3 aromatic carbocycles. The first-order chi connectivity index (χ1) is 17.0. The fraction of sp³-hybridized carbons (Fsp3) is 0.250. The molecule has 1 fully saturated rings. The van der Waals surface area contributed by atoms with Gasteiger partial charge < -0.3 is 15.0 Å². The van der Waals surface area contributed by atoms with E-state index in [1.54, 1.807) is 24.3 Å². The van der Waals surface area contributed by atoms with E-state index in [2.05, 4.69) is 17.1 Å². The molecule has 0 bridgehead atoms. The summed E-state index contributed by atoms with van der Waals surface area (Å²) in [5, 5.41) is 10.4. The molecule has 1 aliphatic rings. The number of hydrogen-bond donors (Lipinski definition) is 2. The van der Waals surface area contributed by atoms with E-state index in [1.807, 2.05) is 47.4 Å². The first kappa shape index (κ1) is 22.8. The maximum absolute atomic E-state index is 12.8. The van der Waals surface area contributed by atoms with Gasteiger partial charge in [0.2, 0.25) is 0 Å². The van der Waals surface area contributed by atoms with Crippen LogP contribution in [0.1, 0.15) is 17.9 Å². The van der Waals surface area contributed by atoms with E-state index in [1.165, 1.54) is 4.57 Å². The number of aromatic nitrogens is 2. The van der Waals surface area contributed by atoms with Gasteiger partial charge in [0.15, 0.2) is 0 Å². The second-order valence-corrected chi connectivity index (χ2v) is 9.06. The van der Waals surface area contributed by atoms with Gasteiger partial charge in [-0.05, 0) is 47.7 Å². The second-order valence-electron chi connectivity index (χ2n) is 9.06. The number of likely N-dealkylation sites (tertiary alicyclic amines) is 1. The maximum atomic E-state index is 12.8. The van der Waals surface area contributed by atoms with Crippen LogP contribution in [0.3, 0.4) is 0 Å². The number of carboxylic acids is 1. The molecule has 2 atom stereocenters. The van der Waals surface area contributed by atoms with Gasteiger partial charge in [-0.15, -0.1) is 0 Å². The zero-order chi connectivity index (χ0) is 24.4. The van der Waals surface area contributed by atoms with Crippen molar-refractivity contribution in [3.8, 4) is 11.1 Å². The number of aliphatic carboxylic acids is 1. The van der Waals surface area contributed by atoms with Crippen molar-refractivity contribution in [3.05, 3.63) is 105 Å².